The fourth-order valence-corrected chi connectivity index (χ4v) is 4.34. The van der Waals surface area contributed by atoms with E-state index in [1.807, 2.05) is 36.9 Å². The third-order valence-electron chi connectivity index (χ3n) is 6.71. The number of carboxylic acids is 1. The average molecular weight is 438 g/mol. The van der Waals surface area contributed by atoms with E-state index in [9.17, 15) is 9.90 Å². The molecule has 0 saturated carbocycles. The van der Waals surface area contributed by atoms with E-state index >= 15 is 0 Å². The number of fused-ring (bicyclic) bond motifs is 1. The quantitative estimate of drug-likeness (QED) is 0.577. The summed E-state index contributed by atoms with van der Waals surface area (Å²) in [6.07, 6.45) is 6.61. The van der Waals surface area contributed by atoms with Crippen LogP contribution in [0.1, 0.15) is 31.4 Å². The van der Waals surface area contributed by atoms with Crippen molar-refractivity contribution in [2.24, 2.45) is 5.41 Å². The molecule has 2 atom stereocenters. The van der Waals surface area contributed by atoms with Gasteiger partial charge in [-0.25, -0.2) is 4.98 Å². The molecule has 0 aliphatic carbocycles. The molecule has 32 heavy (non-hydrogen) atoms. The van der Waals surface area contributed by atoms with Crippen LogP contribution >= 0.6 is 0 Å². The van der Waals surface area contributed by atoms with Gasteiger partial charge in [0.15, 0.2) is 0 Å². The number of rotatable bonds is 8. The van der Waals surface area contributed by atoms with E-state index in [-0.39, 0.29) is 18.7 Å². The van der Waals surface area contributed by atoms with Crippen molar-refractivity contribution in [3.05, 3.63) is 60.7 Å². The lowest BCUT2D eigenvalue weighted by molar-refractivity contribution is -0.157. The van der Waals surface area contributed by atoms with Gasteiger partial charge in [-0.1, -0.05) is 18.2 Å². The van der Waals surface area contributed by atoms with Gasteiger partial charge < -0.3 is 24.0 Å². The lowest BCUT2D eigenvalue weighted by Gasteiger charge is -2.32. The van der Waals surface area contributed by atoms with Gasteiger partial charge in [-0.3, -0.25) is 4.79 Å². The van der Waals surface area contributed by atoms with Crippen LogP contribution in [0.5, 0.6) is 5.75 Å². The van der Waals surface area contributed by atoms with Crippen molar-refractivity contribution in [3.63, 3.8) is 0 Å². The minimum Gasteiger partial charge on any atom is -0.492 e. The first-order chi connectivity index (χ1) is 15.4. The van der Waals surface area contributed by atoms with Crippen LogP contribution in [0.3, 0.4) is 0 Å². The zero-order valence-electron chi connectivity index (χ0n) is 18.9. The molecule has 1 fully saturated rings. The second-order valence-electron chi connectivity index (χ2n) is 8.91. The number of hydrogen-bond acceptors (Lipinski definition) is 5. The summed E-state index contributed by atoms with van der Waals surface area (Å²) in [5.74, 6) is -0.128. The van der Waals surface area contributed by atoms with Crippen LogP contribution in [-0.4, -0.2) is 65.5 Å². The van der Waals surface area contributed by atoms with Crippen molar-refractivity contribution in [1.82, 2.24) is 14.5 Å². The van der Waals surface area contributed by atoms with Gasteiger partial charge in [0.2, 0.25) is 0 Å². The first kappa shape index (κ1) is 22.3. The van der Waals surface area contributed by atoms with Gasteiger partial charge in [0.1, 0.15) is 17.8 Å². The van der Waals surface area contributed by atoms with Crippen LogP contribution in [0, 0.1) is 5.41 Å². The molecule has 170 valence electrons. The molecule has 0 unspecified atom stereocenters. The topological polar surface area (TPSA) is 76.8 Å². The van der Waals surface area contributed by atoms with Crippen molar-refractivity contribution >= 4 is 16.7 Å². The minimum absolute atomic E-state index is 0.136. The molecule has 0 spiro atoms. The van der Waals surface area contributed by atoms with E-state index in [1.165, 1.54) is 5.56 Å². The second kappa shape index (κ2) is 9.30. The predicted molar refractivity (Wildman–Crippen MR) is 123 cm³/mol. The number of nitrogens with zero attached hydrogens (tertiary/aromatic N) is 3. The van der Waals surface area contributed by atoms with Gasteiger partial charge in [-0.15, -0.1) is 0 Å². The number of benzene rings is 2. The Morgan fingerprint density at radius 2 is 1.94 bits per heavy atom. The van der Waals surface area contributed by atoms with E-state index in [2.05, 4.69) is 53.7 Å². The molecule has 7 heteroatoms. The van der Waals surface area contributed by atoms with E-state index < -0.39 is 11.4 Å². The molecule has 1 aliphatic heterocycles. The number of aromatic nitrogens is 2. The lowest BCUT2D eigenvalue weighted by atomic mass is 9.81. The minimum atomic E-state index is -0.878. The van der Waals surface area contributed by atoms with Crippen molar-refractivity contribution in [2.75, 3.05) is 33.9 Å². The normalized spacial score (nSPS) is 17.9. The number of aliphatic carboxylic acids is 1. The predicted octanol–water partition coefficient (Wildman–Crippen LogP) is 3.84. The summed E-state index contributed by atoms with van der Waals surface area (Å²) in [6, 6.07) is 12.8. The first-order valence-electron chi connectivity index (χ1n) is 11.0. The number of ether oxygens (including phenoxy) is 2. The molecular formula is C25H31N3O4. The molecule has 3 aromatic rings. The Labute approximate surface area is 188 Å². The fraction of sp³-hybridized carbons (Fsp3) is 0.440. The van der Waals surface area contributed by atoms with Crippen LogP contribution in [0.25, 0.3) is 10.8 Å². The van der Waals surface area contributed by atoms with Gasteiger partial charge in [-0.2, -0.15) is 0 Å². The maximum absolute atomic E-state index is 11.9. The van der Waals surface area contributed by atoms with Crippen LogP contribution in [0.15, 0.2) is 55.1 Å². The number of hydrogen-bond donors (Lipinski definition) is 1. The molecule has 1 aliphatic rings. The molecule has 0 radical (unpaired) electrons. The highest BCUT2D eigenvalue weighted by atomic mass is 16.5. The van der Waals surface area contributed by atoms with Crippen LogP contribution in [0.2, 0.25) is 0 Å². The van der Waals surface area contributed by atoms with E-state index in [0.29, 0.717) is 31.8 Å². The Morgan fingerprint density at radius 3 is 2.59 bits per heavy atom. The van der Waals surface area contributed by atoms with Gasteiger partial charge in [-0.05, 0) is 68.4 Å². The molecule has 2 aromatic carbocycles. The summed E-state index contributed by atoms with van der Waals surface area (Å²) in [4.78, 5) is 18.3. The van der Waals surface area contributed by atoms with Gasteiger partial charge in [0.05, 0.1) is 12.4 Å². The third-order valence-corrected chi connectivity index (χ3v) is 6.71. The van der Waals surface area contributed by atoms with Crippen LogP contribution < -0.4 is 4.74 Å². The van der Waals surface area contributed by atoms with Gasteiger partial charge >= 0.3 is 5.97 Å². The van der Waals surface area contributed by atoms with E-state index in [0.717, 1.165) is 10.8 Å². The number of likely N-dealkylation sites (N-methyl/N-ethyl adjacent to an activating group) is 1. The van der Waals surface area contributed by atoms with Crippen LogP contribution in [0.4, 0.5) is 0 Å². The largest absolute Gasteiger partial charge is 0.492 e. The Morgan fingerprint density at radius 1 is 1.22 bits per heavy atom. The summed E-state index contributed by atoms with van der Waals surface area (Å²) < 4.78 is 13.5. The second-order valence-corrected chi connectivity index (χ2v) is 8.91. The maximum Gasteiger partial charge on any atom is 0.313 e. The van der Waals surface area contributed by atoms with E-state index in [4.69, 9.17) is 9.47 Å². The molecule has 4 rings (SSSR count). The molecule has 7 nitrogen and oxygen atoms in total. The number of imidazole rings is 1. The molecular weight excluding hydrogens is 406 g/mol. The highest BCUT2D eigenvalue weighted by Crippen LogP contribution is 2.33. The summed E-state index contributed by atoms with van der Waals surface area (Å²) >= 11 is 0. The zero-order chi connectivity index (χ0) is 22.7. The monoisotopic (exact) mass is 437 g/mol. The molecule has 1 N–H and O–H groups in total. The average Bonchev–Trinajstić information content (AvgIpc) is 3.32. The van der Waals surface area contributed by atoms with E-state index in [1.54, 1.807) is 0 Å². The molecule has 2 heterocycles. The molecule has 1 aromatic heterocycles. The number of carboxylic acid groups (broad SMARTS) is 1. The smallest absolute Gasteiger partial charge is 0.313 e. The Hall–Kier alpha value is -2.90. The molecule has 0 amide bonds. The van der Waals surface area contributed by atoms with Gasteiger partial charge in [0.25, 0.3) is 0 Å². The Balaban J connectivity index is 1.57. The highest BCUT2D eigenvalue weighted by Gasteiger charge is 2.41. The van der Waals surface area contributed by atoms with Crippen molar-refractivity contribution in [1.29, 1.82) is 0 Å². The highest BCUT2D eigenvalue weighted by molar-refractivity contribution is 5.84. The first-order valence-corrected chi connectivity index (χ1v) is 11.0. The summed E-state index contributed by atoms with van der Waals surface area (Å²) in [5.41, 5.74) is 0.328. The van der Waals surface area contributed by atoms with Crippen LogP contribution in [-0.2, 0) is 9.53 Å². The van der Waals surface area contributed by atoms with Gasteiger partial charge in [0, 0.05) is 31.6 Å². The SMILES string of the molecule is C[C@H]([C@@H](c1ccc2cc(OCC3(C(=O)O)CCOCC3)ccc2c1)n1ccnc1)N(C)C. The standard InChI is InChI=1S/C25H31N3O4/c1-18(27(2)3)23(28-11-10-26-17-28)21-5-4-20-15-22(7-6-19(20)14-21)32-16-25(24(29)30)8-12-31-13-9-25/h4-7,10-11,14-15,17-18,23H,8-9,12-13,16H2,1-3H3,(H,29,30)/t18-,23+/m1/s1. The number of carbonyl (C=O) groups is 1. The third kappa shape index (κ3) is 4.49. The summed E-state index contributed by atoms with van der Waals surface area (Å²) in [7, 11) is 4.17. The maximum atomic E-state index is 11.9. The Kier molecular flexibility index (Phi) is 6.48. The molecule has 1 saturated heterocycles. The summed E-state index contributed by atoms with van der Waals surface area (Å²) in [6.45, 7) is 3.28. The molecule has 0 bridgehead atoms. The zero-order valence-corrected chi connectivity index (χ0v) is 18.9. The summed E-state index contributed by atoms with van der Waals surface area (Å²) in [5, 5.41) is 11.9. The van der Waals surface area contributed by atoms with Crippen molar-refractivity contribution in [2.45, 2.75) is 31.8 Å². The lowest BCUT2D eigenvalue weighted by Crippen LogP contribution is -2.42. The van der Waals surface area contributed by atoms with Crippen molar-refractivity contribution in [3.8, 4) is 5.75 Å². The van der Waals surface area contributed by atoms with Crippen molar-refractivity contribution < 1.29 is 19.4 Å². The fourth-order valence-electron chi connectivity index (χ4n) is 4.34. The Bertz CT molecular complexity index is 1060.